The lowest BCUT2D eigenvalue weighted by Crippen LogP contribution is -2.35. The Labute approximate surface area is 105 Å². The minimum absolute atomic E-state index is 0.130. The number of aromatic nitrogens is 2. The van der Waals surface area contributed by atoms with Gasteiger partial charge in [0.1, 0.15) is 0 Å². The zero-order valence-corrected chi connectivity index (χ0v) is 10.5. The number of hydrogen-bond acceptors (Lipinski definition) is 3. The van der Waals surface area contributed by atoms with Crippen LogP contribution in [0.15, 0.2) is 23.7 Å². The summed E-state index contributed by atoms with van der Waals surface area (Å²) in [6, 6.07) is 4.01. The number of rotatable bonds is 4. The molecule has 0 spiro atoms. The maximum Gasteiger partial charge on any atom is 0.0976 e. The van der Waals surface area contributed by atoms with Gasteiger partial charge in [-0.15, -0.1) is 11.3 Å². The van der Waals surface area contributed by atoms with Gasteiger partial charge in [-0.25, -0.2) is 4.98 Å². The van der Waals surface area contributed by atoms with Crippen LogP contribution in [-0.2, 0) is 6.42 Å². The van der Waals surface area contributed by atoms with Gasteiger partial charge in [-0.2, -0.15) is 0 Å². The quantitative estimate of drug-likeness (QED) is 0.874. The van der Waals surface area contributed by atoms with Crippen LogP contribution in [0.25, 0.3) is 11.4 Å². The highest BCUT2D eigenvalue weighted by molar-refractivity contribution is 7.09. The van der Waals surface area contributed by atoms with Crippen LogP contribution in [0.3, 0.4) is 0 Å². The molecule has 0 atom stereocenters. The van der Waals surface area contributed by atoms with Crippen molar-refractivity contribution in [2.75, 3.05) is 6.61 Å². The molecule has 0 aliphatic heterocycles. The van der Waals surface area contributed by atoms with E-state index in [0.29, 0.717) is 6.61 Å². The Balaban J connectivity index is 1.77. The Kier molecular flexibility index (Phi) is 2.76. The second kappa shape index (κ2) is 4.27. The lowest BCUT2D eigenvalue weighted by Gasteiger charge is -2.39. The first-order valence-corrected chi connectivity index (χ1v) is 6.88. The third-order valence-corrected chi connectivity index (χ3v) is 4.55. The third kappa shape index (κ3) is 2.03. The number of thiazole rings is 1. The molecule has 0 amide bonds. The second-order valence-electron chi connectivity index (χ2n) is 4.90. The Bertz CT molecular complexity index is 480. The minimum Gasteiger partial charge on any atom is -0.396 e. The van der Waals surface area contributed by atoms with Gasteiger partial charge in [0, 0.05) is 24.6 Å². The Morgan fingerprint density at radius 1 is 1.47 bits per heavy atom. The normalized spacial score (nSPS) is 17.9. The van der Waals surface area contributed by atoms with Crippen LogP contribution >= 0.6 is 11.3 Å². The summed E-state index contributed by atoms with van der Waals surface area (Å²) in [5.74, 6) is 0. The van der Waals surface area contributed by atoms with Crippen LogP contribution in [0.4, 0.5) is 0 Å². The van der Waals surface area contributed by atoms with Gasteiger partial charge in [0.05, 0.1) is 16.4 Å². The van der Waals surface area contributed by atoms with E-state index in [4.69, 9.17) is 0 Å². The summed E-state index contributed by atoms with van der Waals surface area (Å²) < 4.78 is 0. The van der Waals surface area contributed by atoms with E-state index in [-0.39, 0.29) is 5.41 Å². The highest BCUT2D eigenvalue weighted by Crippen LogP contribution is 2.43. The van der Waals surface area contributed by atoms with Crippen LogP contribution in [0.1, 0.15) is 24.3 Å². The topological polar surface area (TPSA) is 48.9 Å². The predicted molar refractivity (Wildman–Crippen MR) is 69.0 cm³/mol. The second-order valence-corrected chi connectivity index (χ2v) is 5.84. The van der Waals surface area contributed by atoms with Gasteiger partial charge in [-0.05, 0) is 30.4 Å². The molecular formula is C13H16N2OS. The Hall–Kier alpha value is -1.13. The summed E-state index contributed by atoms with van der Waals surface area (Å²) in [5.41, 5.74) is 2.21. The minimum atomic E-state index is 0.130. The van der Waals surface area contributed by atoms with Crippen LogP contribution in [0.5, 0.6) is 0 Å². The number of nitrogens with zero attached hydrogens (tertiary/aromatic N) is 1. The van der Waals surface area contributed by atoms with Crippen molar-refractivity contribution in [1.29, 1.82) is 0 Å². The molecule has 90 valence electrons. The van der Waals surface area contributed by atoms with Crippen LogP contribution in [0, 0.1) is 5.41 Å². The number of aromatic amines is 1. The summed E-state index contributed by atoms with van der Waals surface area (Å²) >= 11 is 1.70. The molecule has 3 rings (SSSR count). The Morgan fingerprint density at radius 3 is 2.94 bits per heavy atom. The summed E-state index contributed by atoms with van der Waals surface area (Å²) in [6.07, 6.45) is 6.36. The molecule has 1 fully saturated rings. The molecule has 0 aromatic carbocycles. The largest absolute Gasteiger partial charge is 0.396 e. The van der Waals surface area contributed by atoms with Crippen molar-refractivity contribution < 1.29 is 5.11 Å². The summed E-state index contributed by atoms with van der Waals surface area (Å²) in [4.78, 5) is 7.81. The molecule has 17 heavy (non-hydrogen) atoms. The fourth-order valence-electron chi connectivity index (χ4n) is 2.39. The smallest absolute Gasteiger partial charge is 0.0976 e. The Morgan fingerprint density at radius 2 is 2.35 bits per heavy atom. The van der Waals surface area contributed by atoms with Crippen LogP contribution < -0.4 is 0 Å². The maximum atomic E-state index is 9.46. The molecule has 1 saturated carbocycles. The molecule has 0 bridgehead atoms. The van der Waals surface area contributed by atoms with E-state index in [1.54, 1.807) is 11.3 Å². The molecule has 3 nitrogen and oxygen atoms in total. The van der Waals surface area contributed by atoms with Gasteiger partial charge in [0.2, 0.25) is 0 Å². The SMILES string of the molecule is OCC1(Cc2nc(-c3ccc[nH]3)cs2)CCC1. The monoisotopic (exact) mass is 248 g/mol. The molecule has 4 heteroatoms. The molecular weight excluding hydrogens is 232 g/mol. The highest BCUT2D eigenvalue weighted by atomic mass is 32.1. The molecule has 1 aliphatic carbocycles. The molecule has 1 aliphatic rings. The zero-order chi connectivity index (χ0) is 11.7. The van der Waals surface area contributed by atoms with Crippen molar-refractivity contribution in [3.63, 3.8) is 0 Å². The van der Waals surface area contributed by atoms with Crippen LogP contribution in [-0.4, -0.2) is 21.7 Å². The summed E-state index contributed by atoms with van der Waals surface area (Å²) in [5, 5.41) is 12.7. The fourth-order valence-corrected chi connectivity index (χ4v) is 3.36. The van der Waals surface area contributed by atoms with E-state index in [9.17, 15) is 5.11 Å². The van der Waals surface area contributed by atoms with Gasteiger partial charge in [-0.1, -0.05) is 6.42 Å². The first kappa shape index (κ1) is 11.0. The fraction of sp³-hybridized carbons (Fsp3) is 0.462. The predicted octanol–water partition coefficient (Wildman–Crippen LogP) is 2.84. The average Bonchev–Trinajstić information content (AvgIpc) is 2.94. The number of nitrogens with one attached hydrogen (secondary N) is 1. The van der Waals surface area contributed by atoms with Crippen molar-refractivity contribution in [2.24, 2.45) is 5.41 Å². The van der Waals surface area contributed by atoms with E-state index >= 15 is 0 Å². The molecule has 0 saturated heterocycles. The standard InChI is InChI=1S/C13H16N2OS/c16-9-13(4-2-5-13)7-12-15-11(8-17-12)10-3-1-6-14-10/h1,3,6,8,14,16H,2,4-5,7,9H2. The zero-order valence-electron chi connectivity index (χ0n) is 9.65. The van der Waals surface area contributed by atoms with Crippen LogP contribution in [0.2, 0.25) is 0 Å². The first-order chi connectivity index (χ1) is 8.31. The van der Waals surface area contributed by atoms with E-state index in [1.165, 1.54) is 6.42 Å². The molecule has 2 heterocycles. The number of H-pyrrole nitrogens is 1. The lowest BCUT2D eigenvalue weighted by molar-refractivity contribution is 0.0450. The maximum absolute atomic E-state index is 9.46. The third-order valence-electron chi connectivity index (χ3n) is 3.70. The van der Waals surface area contributed by atoms with Gasteiger partial charge in [0.15, 0.2) is 0 Å². The first-order valence-electron chi connectivity index (χ1n) is 6.00. The van der Waals surface area contributed by atoms with E-state index < -0.39 is 0 Å². The van der Waals surface area contributed by atoms with Crippen molar-refractivity contribution in [1.82, 2.24) is 9.97 Å². The number of aliphatic hydroxyl groups excluding tert-OH is 1. The molecule has 2 N–H and O–H groups in total. The average molecular weight is 248 g/mol. The lowest BCUT2D eigenvalue weighted by atomic mass is 9.67. The molecule has 2 aromatic rings. The molecule has 2 aromatic heterocycles. The highest BCUT2D eigenvalue weighted by Gasteiger charge is 2.37. The van der Waals surface area contributed by atoms with Gasteiger partial charge >= 0.3 is 0 Å². The van der Waals surface area contributed by atoms with Gasteiger partial charge < -0.3 is 10.1 Å². The van der Waals surface area contributed by atoms with Gasteiger partial charge in [-0.3, -0.25) is 0 Å². The van der Waals surface area contributed by atoms with E-state index in [0.717, 1.165) is 35.7 Å². The van der Waals surface area contributed by atoms with Crippen molar-refractivity contribution in [2.45, 2.75) is 25.7 Å². The molecule has 0 radical (unpaired) electrons. The van der Waals surface area contributed by atoms with Gasteiger partial charge in [0.25, 0.3) is 0 Å². The van der Waals surface area contributed by atoms with E-state index in [1.807, 2.05) is 18.3 Å². The summed E-state index contributed by atoms with van der Waals surface area (Å²) in [7, 11) is 0. The molecule has 0 unspecified atom stereocenters. The van der Waals surface area contributed by atoms with Crippen molar-refractivity contribution in [3.8, 4) is 11.4 Å². The van der Waals surface area contributed by atoms with Crippen molar-refractivity contribution >= 4 is 11.3 Å². The van der Waals surface area contributed by atoms with Crippen molar-refractivity contribution in [3.05, 3.63) is 28.7 Å². The number of aliphatic hydroxyl groups is 1. The summed E-state index contributed by atoms with van der Waals surface area (Å²) in [6.45, 7) is 0.296. The number of hydrogen-bond donors (Lipinski definition) is 2. The van der Waals surface area contributed by atoms with E-state index in [2.05, 4.69) is 15.3 Å².